The molecule has 39 heavy (non-hydrogen) atoms. The summed E-state index contributed by atoms with van der Waals surface area (Å²) in [7, 11) is 0. The van der Waals surface area contributed by atoms with E-state index in [4.69, 9.17) is 4.74 Å². The number of hydrogen-bond donors (Lipinski definition) is 1. The number of aliphatic hydroxyl groups excluding tert-OH is 1. The van der Waals surface area contributed by atoms with Crippen LogP contribution in [0.15, 0.2) is 42.6 Å². The molecule has 2 aliphatic rings. The lowest BCUT2D eigenvalue weighted by atomic mass is 9.88. The fourth-order valence-electron chi connectivity index (χ4n) is 5.26. The molecule has 0 radical (unpaired) electrons. The molecule has 0 saturated carbocycles. The van der Waals surface area contributed by atoms with E-state index in [9.17, 15) is 14.7 Å². The zero-order valence-electron chi connectivity index (χ0n) is 23.4. The molecule has 1 fully saturated rings. The minimum absolute atomic E-state index is 0.0278. The summed E-state index contributed by atoms with van der Waals surface area (Å²) in [5.74, 6) is -3.59. The molecule has 2 aliphatic heterocycles. The number of amides is 2. The van der Waals surface area contributed by atoms with Gasteiger partial charge in [0.15, 0.2) is 0 Å². The first-order valence-electron chi connectivity index (χ1n) is 13.2. The van der Waals surface area contributed by atoms with E-state index in [1.54, 1.807) is 48.8 Å². The van der Waals surface area contributed by atoms with Crippen molar-refractivity contribution in [1.82, 2.24) is 14.8 Å². The first-order chi connectivity index (χ1) is 18.1. The van der Waals surface area contributed by atoms with Crippen molar-refractivity contribution in [3.05, 3.63) is 59.4 Å². The number of carbonyl (C=O) groups is 2. The minimum Gasteiger partial charge on any atom is -0.444 e. The molecule has 212 valence electrons. The average Bonchev–Trinajstić information content (AvgIpc) is 3.14. The lowest BCUT2D eigenvalue weighted by Gasteiger charge is -2.44. The van der Waals surface area contributed by atoms with E-state index in [0.717, 1.165) is 5.56 Å². The average molecular weight is 545 g/mol. The Morgan fingerprint density at radius 3 is 2.44 bits per heavy atom. The molecule has 4 rings (SSSR count). The van der Waals surface area contributed by atoms with Crippen LogP contribution in [0.3, 0.4) is 0 Å². The number of pyridine rings is 1. The van der Waals surface area contributed by atoms with Gasteiger partial charge in [-0.15, -0.1) is 0 Å². The van der Waals surface area contributed by atoms with Gasteiger partial charge in [-0.25, -0.2) is 4.79 Å². The summed E-state index contributed by atoms with van der Waals surface area (Å²) in [6.45, 7) is 11.8. The lowest BCUT2D eigenvalue weighted by Crippen LogP contribution is -2.62. The van der Waals surface area contributed by atoms with Crippen LogP contribution in [0.25, 0.3) is 0 Å². The van der Waals surface area contributed by atoms with Crippen LogP contribution in [0.1, 0.15) is 58.4 Å². The Balaban J connectivity index is 1.55. The van der Waals surface area contributed by atoms with Crippen LogP contribution in [0.4, 0.5) is 19.3 Å². The van der Waals surface area contributed by atoms with Crippen molar-refractivity contribution in [2.75, 3.05) is 37.7 Å². The Bertz CT molecular complexity index is 1220. The summed E-state index contributed by atoms with van der Waals surface area (Å²) in [5.41, 5.74) is -0.570. The van der Waals surface area contributed by atoms with E-state index < -0.39 is 34.8 Å². The first-order valence-corrected chi connectivity index (χ1v) is 13.2. The van der Waals surface area contributed by atoms with E-state index in [-0.39, 0.29) is 37.2 Å². The van der Waals surface area contributed by atoms with E-state index in [2.05, 4.69) is 4.98 Å². The Labute approximate surface area is 228 Å². The number of halogens is 2. The zero-order valence-corrected chi connectivity index (χ0v) is 23.4. The van der Waals surface area contributed by atoms with Gasteiger partial charge in [-0.1, -0.05) is 44.2 Å². The van der Waals surface area contributed by atoms with Crippen molar-refractivity contribution in [3.63, 3.8) is 0 Å². The molecule has 1 aromatic carbocycles. The van der Waals surface area contributed by atoms with Gasteiger partial charge in [-0.3, -0.25) is 14.7 Å². The molecule has 1 N–H and O–H groups in total. The van der Waals surface area contributed by atoms with Crippen molar-refractivity contribution in [3.8, 4) is 0 Å². The maximum atomic E-state index is 15.4. The Kier molecular flexibility index (Phi) is 7.75. The highest BCUT2D eigenvalue weighted by molar-refractivity contribution is 5.97. The van der Waals surface area contributed by atoms with E-state index >= 15 is 8.78 Å². The van der Waals surface area contributed by atoms with Crippen LogP contribution >= 0.6 is 0 Å². The maximum Gasteiger partial charge on any atom is 0.410 e. The number of anilines is 1. The number of nitrogens with zero attached hydrogens (tertiary/aromatic N) is 4. The fraction of sp³-hybridized carbons (Fsp3) is 0.552. The molecule has 2 unspecified atom stereocenters. The number of aromatic nitrogens is 1. The summed E-state index contributed by atoms with van der Waals surface area (Å²) >= 11 is 0. The highest BCUT2D eigenvalue weighted by Crippen LogP contribution is 2.43. The zero-order chi connectivity index (χ0) is 28.8. The number of ether oxygens (including phenoxy) is 1. The molecular formula is C29H38F2N4O4. The fourth-order valence-corrected chi connectivity index (χ4v) is 5.26. The SMILES string of the molecule is CC1CN(CC(=O)N2CC(C)(C)c3cnc(C(F)(F)c4ccccc4)cc32)C(CO)CN1C(=O)OC(C)(C)C. The second kappa shape index (κ2) is 10.5. The van der Waals surface area contributed by atoms with Gasteiger partial charge in [0.25, 0.3) is 0 Å². The number of carbonyl (C=O) groups excluding carboxylic acids is 2. The molecule has 1 aromatic heterocycles. The Hall–Kier alpha value is -3.11. The van der Waals surface area contributed by atoms with Crippen molar-refractivity contribution in [1.29, 1.82) is 0 Å². The third-order valence-electron chi connectivity index (χ3n) is 7.35. The molecule has 2 aromatic rings. The molecule has 0 bridgehead atoms. The second-order valence-electron chi connectivity index (χ2n) is 12.1. The Morgan fingerprint density at radius 2 is 1.82 bits per heavy atom. The Morgan fingerprint density at radius 1 is 1.15 bits per heavy atom. The van der Waals surface area contributed by atoms with Crippen molar-refractivity contribution < 1.29 is 28.2 Å². The molecule has 2 atom stereocenters. The number of rotatable bonds is 5. The van der Waals surface area contributed by atoms with Gasteiger partial charge in [0.2, 0.25) is 5.91 Å². The molecular weight excluding hydrogens is 506 g/mol. The lowest BCUT2D eigenvalue weighted by molar-refractivity contribution is -0.121. The smallest absolute Gasteiger partial charge is 0.410 e. The summed E-state index contributed by atoms with van der Waals surface area (Å²) < 4.78 is 36.2. The molecule has 1 saturated heterocycles. The highest BCUT2D eigenvalue weighted by Gasteiger charge is 2.44. The van der Waals surface area contributed by atoms with Gasteiger partial charge >= 0.3 is 12.0 Å². The normalized spacial score (nSPS) is 21.6. The van der Waals surface area contributed by atoms with Gasteiger partial charge in [-0.05, 0) is 33.8 Å². The topological polar surface area (TPSA) is 86.2 Å². The number of benzene rings is 1. The van der Waals surface area contributed by atoms with Gasteiger partial charge in [0.1, 0.15) is 11.3 Å². The summed E-state index contributed by atoms with van der Waals surface area (Å²) in [6, 6.07) is 8.09. The van der Waals surface area contributed by atoms with E-state index in [0.29, 0.717) is 18.8 Å². The highest BCUT2D eigenvalue weighted by atomic mass is 19.3. The third kappa shape index (κ3) is 5.91. The first kappa shape index (κ1) is 28.9. The number of fused-ring (bicyclic) bond motifs is 1. The van der Waals surface area contributed by atoms with Crippen LogP contribution in [0.5, 0.6) is 0 Å². The number of aliphatic hydroxyl groups is 1. The maximum absolute atomic E-state index is 15.4. The van der Waals surface area contributed by atoms with Crippen molar-refractivity contribution in [2.24, 2.45) is 0 Å². The predicted molar refractivity (Wildman–Crippen MR) is 144 cm³/mol. The molecule has 0 spiro atoms. The van der Waals surface area contributed by atoms with Crippen LogP contribution in [-0.4, -0.2) is 82.4 Å². The molecule has 0 aliphatic carbocycles. The monoisotopic (exact) mass is 544 g/mol. The summed E-state index contributed by atoms with van der Waals surface area (Å²) in [4.78, 5) is 35.4. The second-order valence-corrected chi connectivity index (χ2v) is 12.1. The van der Waals surface area contributed by atoms with Gasteiger partial charge in [0.05, 0.1) is 24.9 Å². The predicted octanol–water partition coefficient (Wildman–Crippen LogP) is 4.15. The standard InChI is InChI=1S/C29H38F2N4O4/c1-19-14-33(21(17-36)15-34(19)26(38)39-27(2,3)4)16-25(37)35-18-28(5,6)22-13-32-24(12-23(22)35)29(30,31)20-10-8-7-9-11-20/h7-13,19,21,36H,14-18H2,1-6H3. The van der Waals surface area contributed by atoms with Crippen molar-refractivity contribution >= 4 is 17.7 Å². The van der Waals surface area contributed by atoms with Gasteiger partial charge in [-0.2, -0.15) is 8.78 Å². The molecule has 2 amide bonds. The molecule has 3 heterocycles. The van der Waals surface area contributed by atoms with Crippen LogP contribution in [-0.2, 0) is 20.9 Å². The quantitative estimate of drug-likeness (QED) is 0.609. The van der Waals surface area contributed by atoms with Gasteiger partial charge in [0, 0.05) is 48.4 Å². The van der Waals surface area contributed by atoms with E-state index in [1.807, 2.05) is 25.7 Å². The van der Waals surface area contributed by atoms with E-state index in [1.165, 1.54) is 24.4 Å². The van der Waals surface area contributed by atoms with Crippen molar-refractivity contribution in [2.45, 2.75) is 70.6 Å². The molecule has 8 nitrogen and oxygen atoms in total. The minimum atomic E-state index is -3.33. The number of alkyl halides is 2. The van der Waals surface area contributed by atoms with Crippen LogP contribution in [0.2, 0.25) is 0 Å². The number of piperazine rings is 1. The third-order valence-corrected chi connectivity index (χ3v) is 7.35. The van der Waals surface area contributed by atoms with Crippen LogP contribution < -0.4 is 4.90 Å². The van der Waals surface area contributed by atoms with Crippen LogP contribution in [0, 0.1) is 0 Å². The number of hydrogen-bond acceptors (Lipinski definition) is 6. The van der Waals surface area contributed by atoms with Gasteiger partial charge < -0.3 is 19.6 Å². The summed E-state index contributed by atoms with van der Waals surface area (Å²) in [6.07, 6.45) is 0.988. The molecule has 10 heteroatoms. The largest absolute Gasteiger partial charge is 0.444 e. The summed E-state index contributed by atoms with van der Waals surface area (Å²) in [5, 5.41) is 10.1.